The molecule has 0 rings (SSSR count). The van der Waals surface area contributed by atoms with Gasteiger partial charge in [-0.1, -0.05) is 117 Å². The predicted molar refractivity (Wildman–Crippen MR) is 157 cm³/mol. The summed E-state index contributed by atoms with van der Waals surface area (Å²) in [4.78, 5) is 0. The summed E-state index contributed by atoms with van der Waals surface area (Å²) in [6.07, 6.45) is 31.7. The van der Waals surface area contributed by atoms with E-state index in [0.29, 0.717) is 0 Å². The molecule has 0 amide bonds. The van der Waals surface area contributed by atoms with Crippen molar-refractivity contribution in [3.05, 3.63) is 0 Å². The van der Waals surface area contributed by atoms with Gasteiger partial charge in [0.1, 0.15) is 0 Å². The third-order valence-electron chi connectivity index (χ3n) is 8.01. The third-order valence-corrected chi connectivity index (χ3v) is 8.01. The minimum absolute atomic E-state index is 0. The zero-order valence-corrected chi connectivity index (χ0v) is 29.2. The van der Waals surface area contributed by atoms with Crippen molar-refractivity contribution in [1.29, 1.82) is 0 Å². The van der Waals surface area contributed by atoms with Crippen molar-refractivity contribution in [3.8, 4) is 0 Å². The Morgan fingerprint density at radius 2 is 0.444 bits per heavy atom. The number of rotatable bonds is 27. The van der Waals surface area contributed by atoms with Gasteiger partial charge in [0.25, 0.3) is 0 Å². The average molecular weight is 643 g/mol. The maximum absolute atomic E-state index is 2.46. The van der Waals surface area contributed by atoms with E-state index in [-0.39, 0.29) is 34.0 Å². The first-order valence-electron chi connectivity index (χ1n) is 16.0. The van der Waals surface area contributed by atoms with E-state index >= 15 is 0 Å². The molecule has 2 nitrogen and oxygen atoms in total. The molecule has 222 valence electrons. The van der Waals surface area contributed by atoms with Crippen LogP contribution in [0.2, 0.25) is 0 Å². The van der Waals surface area contributed by atoms with Gasteiger partial charge in [0.2, 0.25) is 0 Å². The maximum Gasteiger partial charge on any atom is 0.0784 e. The number of hydrogen-bond acceptors (Lipinski definition) is 0. The number of halogens is 2. The molecule has 0 saturated heterocycles. The highest BCUT2D eigenvalue weighted by Crippen LogP contribution is 2.14. The predicted octanol–water partition coefficient (Wildman–Crippen LogP) is 3.77. The van der Waals surface area contributed by atoms with Crippen LogP contribution in [0.5, 0.6) is 0 Å². The lowest BCUT2D eigenvalue weighted by Crippen LogP contribution is -3.00. The topological polar surface area (TPSA) is 0 Å². The Morgan fingerprint density at radius 3 is 0.667 bits per heavy atom. The van der Waals surface area contributed by atoms with E-state index in [1.165, 1.54) is 176 Å². The van der Waals surface area contributed by atoms with Crippen molar-refractivity contribution in [2.24, 2.45) is 0 Å². The van der Waals surface area contributed by atoms with Crippen molar-refractivity contribution < 1.29 is 42.9 Å². The van der Waals surface area contributed by atoms with Crippen LogP contribution in [0.1, 0.15) is 155 Å². The van der Waals surface area contributed by atoms with E-state index in [9.17, 15) is 0 Å². The van der Waals surface area contributed by atoms with Crippen molar-refractivity contribution in [2.45, 2.75) is 155 Å². The van der Waals surface area contributed by atoms with E-state index in [1.807, 2.05) is 0 Å². The molecule has 0 aromatic carbocycles. The SMILES string of the molecule is CCCCCCCCCCCC[N+](C)(C)CCCC[N+](C)(C)CCCCCCCCCCCC.[Br-].[Br-]. The van der Waals surface area contributed by atoms with Gasteiger partial charge in [0.15, 0.2) is 0 Å². The van der Waals surface area contributed by atoms with Crippen LogP contribution in [-0.4, -0.2) is 63.3 Å². The largest absolute Gasteiger partial charge is 1.00 e. The Balaban J connectivity index is -0.00000544. The molecule has 0 aliphatic rings. The van der Waals surface area contributed by atoms with E-state index in [0.717, 1.165) is 0 Å². The second-order valence-electron chi connectivity index (χ2n) is 12.8. The molecule has 0 fully saturated rings. The lowest BCUT2D eigenvalue weighted by Gasteiger charge is -2.32. The summed E-state index contributed by atoms with van der Waals surface area (Å²) in [6.45, 7) is 10.1. The van der Waals surface area contributed by atoms with E-state index in [2.05, 4.69) is 42.0 Å². The molecule has 0 heterocycles. The molecule has 0 unspecified atom stereocenters. The van der Waals surface area contributed by atoms with Crippen molar-refractivity contribution in [3.63, 3.8) is 0 Å². The summed E-state index contributed by atoms with van der Waals surface area (Å²) < 4.78 is 2.45. The number of nitrogens with zero attached hydrogens (tertiary/aromatic N) is 2. The Labute approximate surface area is 251 Å². The molecule has 0 atom stereocenters. The molecular weight excluding hydrogens is 572 g/mol. The van der Waals surface area contributed by atoms with Gasteiger partial charge < -0.3 is 42.9 Å². The summed E-state index contributed by atoms with van der Waals surface area (Å²) in [5.41, 5.74) is 0. The first kappa shape index (κ1) is 41.4. The number of quaternary nitrogens is 2. The molecule has 0 aromatic rings. The van der Waals surface area contributed by atoms with E-state index in [4.69, 9.17) is 0 Å². The zero-order chi connectivity index (χ0) is 25.4. The lowest BCUT2D eigenvalue weighted by atomic mass is 10.1. The Kier molecular flexibility index (Phi) is 33.2. The van der Waals surface area contributed by atoms with Crippen molar-refractivity contribution >= 4 is 0 Å². The molecule has 0 saturated carbocycles. The smallest absolute Gasteiger partial charge is 0.0784 e. The maximum atomic E-state index is 2.46. The van der Waals surface area contributed by atoms with Crippen LogP contribution in [0.4, 0.5) is 0 Å². The summed E-state index contributed by atoms with van der Waals surface area (Å²) in [5, 5.41) is 0. The minimum atomic E-state index is 0. The van der Waals surface area contributed by atoms with Crippen molar-refractivity contribution in [2.75, 3.05) is 54.4 Å². The molecular formula is C32H70Br2N2. The van der Waals surface area contributed by atoms with Gasteiger partial charge in [-0.25, -0.2) is 0 Å². The third kappa shape index (κ3) is 31.1. The molecule has 0 N–H and O–H groups in total. The van der Waals surface area contributed by atoms with Gasteiger partial charge in [-0.15, -0.1) is 0 Å². The number of hydrogen-bond donors (Lipinski definition) is 0. The van der Waals surface area contributed by atoms with Crippen LogP contribution >= 0.6 is 0 Å². The van der Waals surface area contributed by atoms with Crippen molar-refractivity contribution in [1.82, 2.24) is 0 Å². The summed E-state index contributed by atoms with van der Waals surface area (Å²) in [7, 11) is 9.82. The molecule has 0 aromatic heterocycles. The Morgan fingerprint density at radius 1 is 0.278 bits per heavy atom. The monoisotopic (exact) mass is 640 g/mol. The van der Waals surface area contributed by atoms with Crippen LogP contribution in [0, 0.1) is 0 Å². The molecule has 4 heteroatoms. The quantitative estimate of drug-likeness (QED) is 0.0947. The van der Waals surface area contributed by atoms with Gasteiger partial charge in [-0.05, 0) is 25.7 Å². The first-order valence-corrected chi connectivity index (χ1v) is 16.0. The molecule has 0 aliphatic carbocycles. The standard InChI is InChI=1S/C32H70N2.2BrH/c1-7-9-11-13-15-17-19-21-23-25-29-33(3,4)31-27-28-32-34(5,6)30-26-24-22-20-18-16-14-12-10-8-2;;/h7-32H2,1-6H3;2*1H/q+2;;/p-2. The lowest BCUT2D eigenvalue weighted by molar-refractivity contribution is -0.897. The van der Waals surface area contributed by atoms with Gasteiger partial charge in [-0.3, -0.25) is 0 Å². The first-order chi connectivity index (χ1) is 16.3. The molecule has 36 heavy (non-hydrogen) atoms. The minimum Gasteiger partial charge on any atom is -1.00 e. The van der Waals surface area contributed by atoms with Gasteiger partial charge in [0, 0.05) is 12.8 Å². The van der Waals surface area contributed by atoms with Crippen LogP contribution in [-0.2, 0) is 0 Å². The van der Waals surface area contributed by atoms with Gasteiger partial charge >= 0.3 is 0 Å². The van der Waals surface area contributed by atoms with E-state index < -0.39 is 0 Å². The molecule has 0 radical (unpaired) electrons. The molecule has 0 bridgehead atoms. The summed E-state index contributed by atoms with van der Waals surface area (Å²) in [6, 6.07) is 0. The van der Waals surface area contributed by atoms with Gasteiger partial charge in [0.05, 0.1) is 54.4 Å². The van der Waals surface area contributed by atoms with Crippen LogP contribution in [0.15, 0.2) is 0 Å². The molecule has 0 aliphatic heterocycles. The summed E-state index contributed by atoms with van der Waals surface area (Å²) >= 11 is 0. The van der Waals surface area contributed by atoms with E-state index in [1.54, 1.807) is 0 Å². The molecule has 0 spiro atoms. The van der Waals surface area contributed by atoms with Gasteiger partial charge in [-0.2, -0.15) is 0 Å². The fraction of sp³-hybridized carbons (Fsp3) is 1.00. The zero-order valence-electron chi connectivity index (χ0n) is 26.0. The van der Waals surface area contributed by atoms with Crippen LogP contribution in [0.25, 0.3) is 0 Å². The fourth-order valence-corrected chi connectivity index (χ4v) is 5.36. The highest BCUT2D eigenvalue weighted by molar-refractivity contribution is 4.50. The highest BCUT2D eigenvalue weighted by atomic mass is 79.9. The summed E-state index contributed by atoms with van der Waals surface area (Å²) in [5.74, 6) is 0. The average Bonchev–Trinajstić information content (AvgIpc) is 2.79. The normalized spacial score (nSPS) is 11.8. The number of unbranched alkanes of at least 4 members (excludes halogenated alkanes) is 19. The van der Waals surface area contributed by atoms with Crippen LogP contribution in [0.3, 0.4) is 0 Å². The second kappa shape index (κ2) is 28.9. The fourth-order valence-electron chi connectivity index (χ4n) is 5.36. The highest BCUT2D eigenvalue weighted by Gasteiger charge is 2.17. The second-order valence-corrected chi connectivity index (χ2v) is 12.8. The Bertz CT molecular complexity index is 375. The Hall–Kier alpha value is 0.880. The van der Waals surface area contributed by atoms with Crippen LogP contribution < -0.4 is 34.0 Å².